The van der Waals surface area contributed by atoms with Crippen molar-refractivity contribution < 1.29 is 4.79 Å². The van der Waals surface area contributed by atoms with E-state index in [-0.39, 0.29) is 5.91 Å². The Hall–Kier alpha value is -3.44. The van der Waals surface area contributed by atoms with Crippen molar-refractivity contribution in [2.75, 3.05) is 31.1 Å². The molecule has 1 saturated heterocycles. The second-order valence-corrected chi connectivity index (χ2v) is 7.98. The number of piperazine rings is 1. The molecule has 6 heteroatoms. The highest BCUT2D eigenvalue weighted by Crippen LogP contribution is 2.30. The zero-order valence-corrected chi connectivity index (χ0v) is 17.7. The number of carbonyl (C=O) groups is 1. The van der Waals surface area contributed by atoms with Crippen molar-refractivity contribution >= 4 is 34.4 Å². The summed E-state index contributed by atoms with van der Waals surface area (Å²) in [6.45, 7) is 2.63. The normalized spacial score (nSPS) is 14.1. The number of hydrogen-bond acceptors (Lipinski definition) is 4. The largest absolute Gasteiger partial charge is 0.351 e. The molecule has 1 aliphatic rings. The Balaban J connectivity index is 1.43. The van der Waals surface area contributed by atoms with Crippen molar-refractivity contribution in [3.63, 3.8) is 0 Å². The molecule has 154 valence electrons. The summed E-state index contributed by atoms with van der Waals surface area (Å²) in [5, 5.41) is 0.573. The van der Waals surface area contributed by atoms with E-state index >= 15 is 0 Å². The highest BCUT2D eigenvalue weighted by Gasteiger charge is 2.25. The second kappa shape index (κ2) is 8.36. The van der Waals surface area contributed by atoms with E-state index in [9.17, 15) is 4.79 Å². The number of anilines is 1. The molecule has 1 amide bonds. The number of nitrogens with zero attached hydrogens (tertiary/aromatic N) is 4. The molecule has 1 fully saturated rings. The molecule has 0 saturated carbocycles. The van der Waals surface area contributed by atoms with Crippen LogP contribution in [0.3, 0.4) is 0 Å². The molecule has 31 heavy (non-hydrogen) atoms. The van der Waals surface area contributed by atoms with Crippen LogP contribution < -0.4 is 4.90 Å². The predicted molar refractivity (Wildman–Crippen MR) is 125 cm³/mol. The molecule has 4 aromatic rings. The smallest absolute Gasteiger partial charge is 0.254 e. The van der Waals surface area contributed by atoms with E-state index in [1.54, 1.807) is 12.1 Å². The number of fused-ring (bicyclic) bond motifs is 1. The van der Waals surface area contributed by atoms with Crippen molar-refractivity contribution in [1.29, 1.82) is 0 Å². The summed E-state index contributed by atoms with van der Waals surface area (Å²) >= 11 is 6.06. The summed E-state index contributed by atoms with van der Waals surface area (Å²) < 4.78 is 0. The van der Waals surface area contributed by atoms with Gasteiger partial charge in [-0.1, -0.05) is 60.1 Å². The fraction of sp³-hybridized carbons (Fsp3) is 0.160. The van der Waals surface area contributed by atoms with E-state index in [4.69, 9.17) is 21.6 Å². The van der Waals surface area contributed by atoms with E-state index < -0.39 is 0 Å². The summed E-state index contributed by atoms with van der Waals surface area (Å²) in [5.41, 5.74) is 4.27. The Labute approximate surface area is 185 Å². The van der Waals surface area contributed by atoms with Gasteiger partial charge in [0.05, 0.1) is 11.0 Å². The Bertz CT molecular complexity index is 1240. The van der Waals surface area contributed by atoms with Crippen LogP contribution in [0.25, 0.3) is 22.3 Å². The summed E-state index contributed by atoms with van der Waals surface area (Å²) in [5.74, 6) is 0.870. The van der Waals surface area contributed by atoms with Gasteiger partial charge in [0.2, 0.25) is 0 Å². The van der Waals surface area contributed by atoms with Crippen molar-refractivity contribution in [2.24, 2.45) is 0 Å². The van der Waals surface area contributed by atoms with Crippen LogP contribution in [-0.2, 0) is 0 Å². The molecule has 0 spiro atoms. The SMILES string of the molecule is O=C(c1cccc(Cl)c1)N1CCN(c2nc3ccccc3nc2-c2ccccc2)CC1. The first-order valence-electron chi connectivity index (χ1n) is 10.3. The first kappa shape index (κ1) is 19.5. The summed E-state index contributed by atoms with van der Waals surface area (Å²) in [4.78, 5) is 26.9. The average molecular weight is 429 g/mol. The molecule has 0 radical (unpaired) electrons. The summed E-state index contributed by atoms with van der Waals surface area (Å²) in [6.07, 6.45) is 0. The van der Waals surface area contributed by atoms with Gasteiger partial charge < -0.3 is 9.80 Å². The molecule has 5 rings (SSSR count). The minimum atomic E-state index is 0.00929. The van der Waals surface area contributed by atoms with Gasteiger partial charge in [0.15, 0.2) is 5.82 Å². The molecule has 3 aromatic carbocycles. The number of amides is 1. The number of benzene rings is 3. The molecule has 0 N–H and O–H groups in total. The fourth-order valence-corrected chi connectivity index (χ4v) is 4.12. The Morgan fingerprint density at radius 3 is 2.16 bits per heavy atom. The third-order valence-corrected chi connectivity index (χ3v) is 5.77. The maximum atomic E-state index is 12.9. The lowest BCUT2D eigenvalue weighted by atomic mass is 10.1. The molecule has 0 bridgehead atoms. The van der Waals surface area contributed by atoms with Crippen molar-refractivity contribution in [3.05, 3.63) is 89.4 Å². The number of aromatic nitrogens is 2. The van der Waals surface area contributed by atoms with E-state index in [1.807, 2.05) is 59.5 Å². The van der Waals surface area contributed by atoms with Crippen LogP contribution in [0.2, 0.25) is 5.02 Å². The number of rotatable bonds is 3. The predicted octanol–water partition coefficient (Wildman–Crippen LogP) is 4.91. The number of hydrogen-bond donors (Lipinski definition) is 0. The van der Waals surface area contributed by atoms with Crippen LogP contribution >= 0.6 is 11.6 Å². The number of carbonyl (C=O) groups excluding carboxylic acids is 1. The quantitative estimate of drug-likeness (QED) is 0.465. The molecular weight excluding hydrogens is 408 g/mol. The monoisotopic (exact) mass is 428 g/mol. The van der Waals surface area contributed by atoms with Gasteiger partial charge in [-0.25, -0.2) is 9.97 Å². The second-order valence-electron chi connectivity index (χ2n) is 7.54. The van der Waals surface area contributed by atoms with Gasteiger partial charge in [-0.15, -0.1) is 0 Å². The lowest BCUT2D eigenvalue weighted by Gasteiger charge is -2.36. The lowest BCUT2D eigenvalue weighted by Crippen LogP contribution is -2.49. The zero-order chi connectivity index (χ0) is 21.2. The van der Waals surface area contributed by atoms with Gasteiger partial charge in [-0.2, -0.15) is 0 Å². The standard InChI is InChI=1S/C25H21ClN4O/c26-20-10-6-9-19(17-20)25(31)30-15-13-29(14-16-30)24-23(18-7-2-1-3-8-18)27-21-11-4-5-12-22(21)28-24/h1-12,17H,13-16H2. The topological polar surface area (TPSA) is 49.3 Å². The van der Waals surface area contributed by atoms with Crippen LogP contribution in [0, 0.1) is 0 Å². The zero-order valence-electron chi connectivity index (χ0n) is 16.9. The fourth-order valence-electron chi connectivity index (χ4n) is 3.93. The third kappa shape index (κ3) is 3.97. The van der Waals surface area contributed by atoms with Crippen LogP contribution in [-0.4, -0.2) is 47.0 Å². The van der Waals surface area contributed by atoms with Gasteiger partial charge in [-0.05, 0) is 30.3 Å². The minimum absolute atomic E-state index is 0.00929. The van der Waals surface area contributed by atoms with Crippen molar-refractivity contribution in [2.45, 2.75) is 0 Å². The van der Waals surface area contributed by atoms with Gasteiger partial charge in [0.1, 0.15) is 5.69 Å². The highest BCUT2D eigenvalue weighted by atomic mass is 35.5. The molecule has 2 heterocycles. The highest BCUT2D eigenvalue weighted by molar-refractivity contribution is 6.30. The molecule has 0 unspecified atom stereocenters. The van der Waals surface area contributed by atoms with E-state index in [2.05, 4.69) is 17.0 Å². The molecule has 1 aliphatic heterocycles. The van der Waals surface area contributed by atoms with Crippen molar-refractivity contribution in [1.82, 2.24) is 14.9 Å². The summed E-state index contributed by atoms with van der Waals surface area (Å²) in [7, 11) is 0. The van der Waals surface area contributed by atoms with E-state index in [0.717, 1.165) is 28.1 Å². The number of halogens is 1. The molecular formula is C25H21ClN4O. The maximum absolute atomic E-state index is 12.9. The van der Waals surface area contributed by atoms with Crippen molar-refractivity contribution in [3.8, 4) is 11.3 Å². The van der Waals surface area contributed by atoms with Gasteiger partial charge >= 0.3 is 0 Å². The molecule has 5 nitrogen and oxygen atoms in total. The van der Waals surface area contributed by atoms with Gasteiger partial charge in [0, 0.05) is 42.3 Å². The van der Waals surface area contributed by atoms with Gasteiger partial charge in [-0.3, -0.25) is 4.79 Å². The molecule has 0 aliphatic carbocycles. The van der Waals surface area contributed by atoms with Crippen LogP contribution in [0.1, 0.15) is 10.4 Å². The first-order chi connectivity index (χ1) is 15.2. The van der Waals surface area contributed by atoms with Crippen LogP contribution in [0.15, 0.2) is 78.9 Å². The third-order valence-electron chi connectivity index (χ3n) is 5.54. The van der Waals surface area contributed by atoms with Crippen LogP contribution in [0.4, 0.5) is 5.82 Å². The Morgan fingerprint density at radius 1 is 0.774 bits per heavy atom. The Kier molecular flexibility index (Phi) is 5.26. The average Bonchev–Trinajstić information content (AvgIpc) is 2.83. The molecule has 0 atom stereocenters. The first-order valence-corrected chi connectivity index (χ1v) is 10.7. The minimum Gasteiger partial charge on any atom is -0.351 e. The maximum Gasteiger partial charge on any atom is 0.254 e. The van der Waals surface area contributed by atoms with Crippen LogP contribution in [0.5, 0.6) is 0 Å². The summed E-state index contributed by atoms with van der Waals surface area (Å²) in [6, 6.07) is 25.2. The van der Waals surface area contributed by atoms with E-state index in [1.165, 1.54) is 0 Å². The number of para-hydroxylation sites is 2. The molecule has 1 aromatic heterocycles. The van der Waals surface area contributed by atoms with E-state index in [0.29, 0.717) is 36.8 Å². The Morgan fingerprint density at radius 2 is 1.45 bits per heavy atom. The van der Waals surface area contributed by atoms with Gasteiger partial charge in [0.25, 0.3) is 5.91 Å². The lowest BCUT2D eigenvalue weighted by molar-refractivity contribution is 0.0746.